The van der Waals surface area contributed by atoms with Crippen LogP contribution in [0, 0.1) is 0 Å². The highest BCUT2D eigenvalue weighted by Crippen LogP contribution is 2.31. The van der Waals surface area contributed by atoms with Gasteiger partial charge in [-0.1, -0.05) is 0 Å². The molecule has 0 spiro atoms. The van der Waals surface area contributed by atoms with Crippen LogP contribution in [0.3, 0.4) is 0 Å². The van der Waals surface area contributed by atoms with Crippen LogP contribution >= 0.6 is 11.3 Å². The SMILES string of the molecule is Nc1c(C(=O)NCCC2CCCCO2)sc2cccnc12. The van der Waals surface area contributed by atoms with Crippen LogP contribution in [0.25, 0.3) is 10.2 Å². The van der Waals surface area contributed by atoms with Gasteiger partial charge in [0.25, 0.3) is 5.91 Å². The normalized spacial score (nSPS) is 18.8. The van der Waals surface area contributed by atoms with Crippen molar-refractivity contribution in [2.75, 3.05) is 18.9 Å². The Morgan fingerprint density at radius 2 is 2.43 bits per heavy atom. The minimum atomic E-state index is -0.119. The molecule has 1 fully saturated rings. The number of rotatable bonds is 4. The Kier molecular flexibility index (Phi) is 4.36. The topological polar surface area (TPSA) is 77.2 Å². The standard InChI is InChI=1S/C15H19N3O2S/c16-12-13-11(5-3-7-17-13)21-14(12)15(19)18-8-6-10-4-1-2-9-20-10/h3,5,7,10H,1-2,4,6,8-9,16H2,(H,18,19). The number of carbonyl (C=O) groups excluding carboxylic acids is 1. The van der Waals surface area contributed by atoms with Crippen molar-refractivity contribution in [3.05, 3.63) is 23.2 Å². The molecule has 1 amide bonds. The molecule has 0 aromatic carbocycles. The number of carbonyl (C=O) groups is 1. The summed E-state index contributed by atoms with van der Waals surface area (Å²) >= 11 is 1.39. The third kappa shape index (κ3) is 3.16. The molecule has 1 unspecified atom stereocenters. The van der Waals surface area contributed by atoms with Crippen LogP contribution in [0.15, 0.2) is 18.3 Å². The second kappa shape index (κ2) is 6.41. The maximum atomic E-state index is 12.2. The smallest absolute Gasteiger partial charge is 0.263 e. The van der Waals surface area contributed by atoms with Crippen LogP contribution in [-0.4, -0.2) is 30.1 Å². The fraction of sp³-hybridized carbons (Fsp3) is 0.467. The van der Waals surface area contributed by atoms with E-state index in [-0.39, 0.29) is 12.0 Å². The molecular formula is C15H19N3O2S. The van der Waals surface area contributed by atoms with Crippen molar-refractivity contribution >= 4 is 33.1 Å². The summed E-state index contributed by atoms with van der Waals surface area (Å²) in [5.41, 5.74) is 7.20. The molecule has 112 valence electrons. The summed E-state index contributed by atoms with van der Waals surface area (Å²) < 4.78 is 6.59. The van der Waals surface area contributed by atoms with E-state index >= 15 is 0 Å². The zero-order valence-corrected chi connectivity index (χ0v) is 12.6. The predicted octanol–water partition coefficient (Wildman–Crippen LogP) is 2.57. The van der Waals surface area contributed by atoms with Crippen molar-refractivity contribution in [1.82, 2.24) is 10.3 Å². The minimum Gasteiger partial charge on any atom is -0.396 e. The maximum absolute atomic E-state index is 12.2. The van der Waals surface area contributed by atoms with Crippen LogP contribution < -0.4 is 11.1 Å². The molecule has 2 aromatic heterocycles. The first-order valence-electron chi connectivity index (χ1n) is 7.28. The number of nitrogens with one attached hydrogen (secondary N) is 1. The number of nitrogens with two attached hydrogens (primary N) is 1. The zero-order valence-electron chi connectivity index (χ0n) is 11.8. The molecule has 0 radical (unpaired) electrons. The van der Waals surface area contributed by atoms with E-state index in [1.54, 1.807) is 6.20 Å². The van der Waals surface area contributed by atoms with Crippen LogP contribution in [0.4, 0.5) is 5.69 Å². The summed E-state index contributed by atoms with van der Waals surface area (Å²) in [4.78, 5) is 17.0. The molecule has 0 aliphatic carbocycles. The first-order chi connectivity index (χ1) is 10.3. The number of ether oxygens (including phenoxy) is 1. The molecule has 1 saturated heterocycles. The third-order valence-corrected chi connectivity index (χ3v) is 4.87. The van der Waals surface area contributed by atoms with Crippen molar-refractivity contribution in [2.45, 2.75) is 31.8 Å². The van der Waals surface area contributed by atoms with E-state index in [0.717, 1.165) is 30.6 Å². The number of anilines is 1. The average molecular weight is 305 g/mol. The van der Waals surface area contributed by atoms with Gasteiger partial charge in [0, 0.05) is 19.3 Å². The first-order valence-corrected chi connectivity index (χ1v) is 8.10. The molecule has 1 aliphatic heterocycles. The Balaban J connectivity index is 1.60. The van der Waals surface area contributed by atoms with Gasteiger partial charge < -0.3 is 15.8 Å². The Bertz CT molecular complexity index is 635. The summed E-state index contributed by atoms with van der Waals surface area (Å²) in [5.74, 6) is -0.119. The number of hydrogen-bond donors (Lipinski definition) is 2. The number of nitrogens with zero attached hydrogens (tertiary/aromatic N) is 1. The van der Waals surface area contributed by atoms with Crippen molar-refractivity contribution in [1.29, 1.82) is 0 Å². The number of pyridine rings is 1. The lowest BCUT2D eigenvalue weighted by molar-refractivity contribution is 0.0117. The lowest BCUT2D eigenvalue weighted by atomic mass is 10.1. The molecule has 1 atom stereocenters. The van der Waals surface area contributed by atoms with Crippen molar-refractivity contribution < 1.29 is 9.53 Å². The summed E-state index contributed by atoms with van der Waals surface area (Å²) in [6.07, 6.45) is 6.27. The molecule has 6 heteroatoms. The van der Waals surface area contributed by atoms with E-state index in [9.17, 15) is 4.79 Å². The van der Waals surface area contributed by atoms with Crippen molar-refractivity contribution in [3.8, 4) is 0 Å². The predicted molar refractivity (Wildman–Crippen MR) is 84.6 cm³/mol. The van der Waals surface area contributed by atoms with Gasteiger partial charge in [-0.05, 0) is 37.8 Å². The van der Waals surface area contributed by atoms with E-state index in [1.807, 2.05) is 12.1 Å². The third-order valence-electron chi connectivity index (χ3n) is 3.71. The van der Waals surface area contributed by atoms with Gasteiger partial charge in [-0.2, -0.15) is 0 Å². The fourth-order valence-electron chi connectivity index (χ4n) is 2.58. The lowest BCUT2D eigenvalue weighted by Crippen LogP contribution is -2.29. The Morgan fingerprint density at radius 1 is 1.52 bits per heavy atom. The van der Waals surface area contributed by atoms with E-state index < -0.39 is 0 Å². The molecule has 21 heavy (non-hydrogen) atoms. The maximum Gasteiger partial charge on any atom is 0.263 e. The number of thiophene rings is 1. The number of fused-ring (bicyclic) bond motifs is 1. The number of nitrogen functional groups attached to an aromatic ring is 1. The van der Waals surface area contributed by atoms with Gasteiger partial charge >= 0.3 is 0 Å². The van der Waals surface area contributed by atoms with E-state index in [4.69, 9.17) is 10.5 Å². The summed E-state index contributed by atoms with van der Waals surface area (Å²) in [5, 5.41) is 2.93. The molecule has 5 nitrogen and oxygen atoms in total. The second-order valence-electron chi connectivity index (χ2n) is 5.23. The highest BCUT2D eigenvalue weighted by molar-refractivity contribution is 7.21. The summed E-state index contributed by atoms with van der Waals surface area (Å²) in [7, 11) is 0. The minimum absolute atomic E-state index is 0.119. The van der Waals surface area contributed by atoms with Crippen LogP contribution in [0.5, 0.6) is 0 Å². The van der Waals surface area contributed by atoms with Gasteiger partial charge in [-0.15, -0.1) is 11.3 Å². The molecule has 0 bridgehead atoms. The highest BCUT2D eigenvalue weighted by atomic mass is 32.1. The molecule has 3 heterocycles. The molecule has 2 aromatic rings. The molecule has 3 rings (SSSR count). The van der Waals surface area contributed by atoms with Gasteiger partial charge in [0.1, 0.15) is 10.4 Å². The van der Waals surface area contributed by atoms with Crippen LogP contribution in [0.1, 0.15) is 35.4 Å². The molecule has 0 saturated carbocycles. The second-order valence-corrected chi connectivity index (χ2v) is 6.28. The number of hydrogen-bond acceptors (Lipinski definition) is 5. The van der Waals surface area contributed by atoms with Crippen molar-refractivity contribution in [3.63, 3.8) is 0 Å². The van der Waals surface area contributed by atoms with Gasteiger partial charge in [0.2, 0.25) is 0 Å². The van der Waals surface area contributed by atoms with Crippen LogP contribution in [0.2, 0.25) is 0 Å². The van der Waals surface area contributed by atoms with Gasteiger partial charge in [-0.3, -0.25) is 9.78 Å². The quantitative estimate of drug-likeness (QED) is 0.910. The van der Waals surface area contributed by atoms with E-state index in [0.29, 0.717) is 22.6 Å². The summed E-state index contributed by atoms with van der Waals surface area (Å²) in [6.45, 7) is 1.46. The van der Waals surface area contributed by atoms with Gasteiger partial charge in [-0.25, -0.2) is 0 Å². The Morgan fingerprint density at radius 3 is 3.19 bits per heavy atom. The highest BCUT2D eigenvalue weighted by Gasteiger charge is 2.18. The average Bonchev–Trinajstić information content (AvgIpc) is 2.86. The molecular weight excluding hydrogens is 286 g/mol. The molecule has 3 N–H and O–H groups in total. The Hall–Kier alpha value is -1.66. The van der Waals surface area contributed by atoms with E-state index in [1.165, 1.54) is 17.8 Å². The zero-order chi connectivity index (χ0) is 14.7. The first kappa shape index (κ1) is 14.3. The Labute approximate surface area is 127 Å². The number of amides is 1. The van der Waals surface area contributed by atoms with Crippen LogP contribution in [-0.2, 0) is 4.74 Å². The van der Waals surface area contributed by atoms with Gasteiger partial charge in [0.15, 0.2) is 0 Å². The van der Waals surface area contributed by atoms with E-state index in [2.05, 4.69) is 10.3 Å². The molecule has 1 aliphatic rings. The fourth-order valence-corrected chi connectivity index (χ4v) is 3.58. The van der Waals surface area contributed by atoms with Crippen molar-refractivity contribution in [2.24, 2.45) is 0 Å². The lowest BCUT2D eigenvalue weighted by Gasteiger charge is -2.22. The number of aromatic nitrogens is 1. The van der Waals surface area contributed by atoms with Gasteiger partial charge in [0.05, 0.1) is 16.5 Å². The summed E-state index contributed by atoms with van der Waals surface area (Å²) in [6, 6.07) is 3.77. The largest absolute Gasteiger partial charge is 0.396 e. The monoisotopic (exact) mass is 305 g/mol.